The molecule has 0 aliphatic carbocycles. The Morgan fingerprint density at radius 3 is 2.44 bits per heavy atom. The molecule has 0 aliphatic rings. The molecule has 2 N–H and O–H groups in total. The molecule has 0 fully saturated rings. The number of methoxy groups -OCH3 is 1. The van der Waals surface area contributed by atoms with Crippen LogP contribution in [0.3, 0.4) is 0 Å². The predicted molar refractivity (Wildman–Crippen MR) is 71.8 cm³/mol. The highest BCUT2D eigenvalue weighted by molar-refractivity contribution is 5.37. The summed E-state index contributed by atoms with van der Waals surface area (Å²) in [7, 11) is 5.58. The second-order valence-corrected chi connectivity index (χ2v) is 4.38. The molecule has 7 nitrogen and oxygen atoms in total. The number of nitrogens with zero attached hydrogens (tertiary/aromatic N) is 5. The van der Waals surface area contributed by atoms with Gasteiger partial charge in [0.15, 0.2) is 0 Å². The molecular formula is C11H22N6O. The molecule has 18 heavy (non-hydrogen) atoms. The first-order valence-electron chi connectivity index (χ1n) is 5.94. The fourth-order valence-corrected chi connectivity index (χ4v) is 1.86. The lowest BCUT2D eigenvalue weighted by atomic mass is 10.3. The van der Waals surface area contributed by atoms with Crippen molar-refractivity contribution in [2.75, 3.05) is 44.9 Å². The number of hydrogen-bond donors (Lipinski definition) is 1. The molecule has 1 rings (SSSR count). The van der Waals surface area contributed by atoms with Crippen LogP contribution >= 0.6 is 0 Å². The Balaban J connectivity index is 2.97. The van der Waals surface area contributed by atoms with Gasteiger partial charge in [0, 0.05) is 19.1 Å². The quantitative estimate of drug-likeness (QED) is 0.778. The molecular weight excluding hydrogens is 232 g/mol. The number of nitrogens with two attached hydrogens (primary N) is 1. The minimum atomic E-state index is 0.173. The van der Waals surface area contributed by atoms with E-state index in [2.05, 4.69) is 38.6 Å². The fourth-order valence-electron chi connectivity index (χ4n) is 1.86. The topological polar surface area (TPSA) is 80.4 Å². The lowest BCUT2D eigenvalue weighted by Gasteiger charge is -2.30. The fraction of sp³-hybridized carbons (Fsp3) is 0.727. The predicted octanol–water partition coefficient (Wildman–Crippen LogP) is 0.239. The van der Waals surface area contributed by atoms with Gasteiger partial charge in [-0.25, -0.2) is 0 Å². The Hall–Kier alpha value is -1.63. The smallest absolute Gasteiger partial charge is 0.322 e. The van der Waals surface area contributed by atoms with Crippen LogP contribution in [0.15, 0.2) is 0 Å². The first kappa shape index (κ1) is 14.4. The highest BCUT2D eigenvalue weighted by atomic mass is 16.5. The molecule has 1 atom stereocenters. The summed E-state index contributed by atoms with van der Waals surface area (Å²) >= 11 is 0. The summed E-state index contributed by atoms with van der Waals surface area (Å²) in [6.07, 6.45) is 0. The van der Waals surface area contributed by atoms with Crippen molar-refractivity contribution in [1.29, 1.82) is 0 Å². The summed E-state index contributed by atoms with van der Waals surface area (Å²) in [4.78, 5) is 16.5. The number of rotatable bonds is 6. The minimum absolute atomic E-state index is 0.173. The van der Waals surface area contributed by atoms with Gasteiger partial charge in [0.1, 0.15) is 0 Å². The highest BCUT2D eigenvalue weighted by Crippen LogP contribution is 2.15. The van der Waals surface area contributed by atoms with Gasteiger partial charge in [0.2, 0.25) is 11.9 Å². The van der Waals surface area contributed by atoms with Crippen LogP contribution in [0.5, 0.6) is 6.01 Å². The molecule has 1 unspecified atom stereocenters. The van der Waals surface area contributed by atoms with E-state index in [1.54, 1.807) is 0 Å². The molecule has 0 bridgehead atoms. The summed E-state index contributed by atoms with van der Waals surface area (Å²) in [6.45, 7) is 5.87. The Labute approximate surface area is 108 Å². The van der Waals surface area contributed by atoms with Gasteiger partial charge in [-0.05, 0) is 27.9 Å². The van der Waals surface area contributed by atoms with Gasteiger partial charge in [0.05, 0.1) is 7.11 Å². The average molecular weight is 254 g/mol. The van der Waals surface area contributed by atoms with Crippen molar-refractivity contribution in [2.24, 2.45) is 0 Å². The second-order valence-electron chi connectivity index (χ2n) is 4.38. The third-order valence-electron chi connectivity index (χ3n) is 2.56. The van der Waals surface area contributed by atoms with Crippen LogP contribution in [-0.4, -0.2) is 60.2 Å². The molecule has 0 saturated carbocycles. The van der Waals surface area contributed by atoms with Crippen molar-refractivity contribution in [3.63, 3.8) is 0 Å². The first-order valence-corrected chi connectivity index (χ1v) is 5.94. The number of anilines is 2. The van der Waals surface area contributed by atoms with Crippen LogP contribution in [0.1, 0.15) is 13.8 Å². The third-order valence-corrected chi connectivity index (χ3v) is 2.56. The van der Waals surface area contributed by atoms with Crippen LogP contribution in [-0.2, 0) is 0 Å². The van der Waals surface area contributed by atoms with Crippen LogP contribution in [0, 0.1) is 0 Å². The molecule has 0 aliphatic heterocycles. The van der Waals surface area contributed by atoms with Gasteiger partial charge in [-0.2, -0.15) is 15.0 Å². The van der Waals surface area contributed by atoms with Crippen molar-refractivity contribution in [1.82, 2.24) is 19.9 Å². The Morgan fingerprint density at radius 1 is 1.28 bits per heavy atom. The summed E-state index contributed by atoms with van der Waals surface area (Å²) < 4.78 is 5.01. The molecule has 1 aromatic rings. The molecule has 0 spiro atoms. The van der Waals surface area contributed by atoms with Crippen LogP contribution in [0.2, 0.25) is 0 Å². The van der Waals surface area contributed by atoms with Crippen LogP contribution < -0.4 is 15.4 Å². The van der Waals surface area contributed by atoms with Crippen molar-refractivity contribution in [3.8, 4) is 6.01 Å². The molecule has 1 aromatic heterocycles. The Kier molecular flexibility index (Phi) is 5.08. The molecule has 102 valence electrons. The monoisotopic (exact) mass is 254 g/mol. The van der Waals surface area contributed by atoms with Crippen molar-refractivity contribution in [2.45, 2.75) is 19.9 Å². The highest BCUT2D eigenvalue weighted by Gasteiger charge is 2.18. The molecule has 0 aromatic carbocycles. The zero-order chi connectivity index (χ0) is 13.7. The van der Waals surface area contributed by atoms with E-state index in [4.69, 9.17) is 10.5 Å². The van der Waals surface area contributed by atoms with Gasteiger partial charge in [-0.15, -0.1) is 0 Å². The van der Waals surface area contributed by atoms with Gasteiger partial charge < -0.3 is 20.3 Å². The molecule has 1 heterocycles. The average Bonchev–Trinajstić information content (AvgIpc) is 2.28. The normalized spacial score (nSPS) is 12.6. The van der Waals surface area contributed by atoms with E-state index < -0.39 is 0 Å². The van der Waals surface area contributed by atoms with E-state index in [9.17, 15) is 0 Å². The van der Waals surface area contributed by atoms with Gasteiger partial charge in [0.25, 0.3) is 0 Å². The molecule has 0 radical (unpaired) electrons. The van der Waals surface area contributed by atoms with Gasteiger partial charge in [-0.1, -0.05) is 0 Å². The lowest BCUT2D eigenvalue weighted by molar-refractivity contribution is 0.365. The van der Waals surface area contributed by atoms with Crippen molar-refractivity contribution >= 4 is 11.9 Å². The maximum absolute atomic E-state index is 5.65. The summed E-state index contributed by atoms with van der Waals surface area (Å²) in [5, 5.41) is 0. The standard InChI is InChI=1S/C11H22N6O/c1-6-17(8(2)7-16(3)4)10-13-9(12)14-11(15-10)18-5/h8H,6-7H2,1-5H3,(H2,12,13,14,15). The number of likely N-dealkylation sites (N-methyl/N-ethyl adjacent to an activating group) is 2. The maximum atomic E-state index is 5.65. The van der Waals surface area contributed by atoms with Gasteiger partial charge >= 0.3 is 6.01 Å². The van der Waals surface area contributed by atoms with E-state index >= 15 is 0 Å². The van der Waals surface area contributed by atoms with Crippen molar-refractivity contribution in [3.05, 3.63) is 0 Å². The minimum Gasteiger partial charge on any atom is -0.467 e. The van der Waals surface area contributed by atoms with E-state index in [-0.39, 0.29) is 18.0 Å². The number of ether oxygens (including phenoxy) is 1. The number of aromatic nitrogens is 3. The number of hydrogen-bond acceptors (Lipinski definition) is 7. The van der Waals surface area contributed by atoms with Crippen molar-refractivity contribution < 1.29 is 4.74 Å². The molecule has 0 saturated heterocycles. The zero-order valence-electron chi connectivity index (χ0n) is 11.7. The van der Waals surface area contributed by atoms with Crippen LogP contribution in [0.25, 0.3) is 0 Å². The first-order chi connectivity index (χ1) is 8.47. The summed E-state index contributed by atoms with van der Waals surface area (Å²) in [5.74, 6) is 0.726. The Bertz CT molecular complexity index is 384. The number of nitrogen functional groups attached to an aromatic ring is 1. The summed E-state index contributed by atoms with van der Waals surface area (Å²) in [5.41, 5.74) is 5.65. The lowest BCUT2D eigenvalue weighted by Crippen LogP contribution is -2.41. The maximum Gasteiger partial charge on any atom is 0.322 e. The van der Waals surface area contributed by atoms with E-state index in [0.29, 0.717) is 5.95 Å². The molecule has 7 heteroatoms. The third kappa shape index (κ3) is 3.69. The van der Waals surface area contributed by atoms with E-state index in [0.717, 1.165) is 13.1 Å². The van der Waals surface area contributed by atoms with Crippen LogP contribution in [0.4, 0.5) is 11.9 Å². The summed E-state index contributed by atoms with van der Waals surface area (Å²) in [6, 6.07) is 0.518. The second kappa shape index (κ2) is 6.34. The molecule has 0 amide bonds. The largest absolute Gasteiger partial charge is 0.467 e. The SMILES string of the molecule is CCN(c1nc(N)nc(OC)n1)C(C)CN(C)C. The Morgan fingerprint density at radius 2 is 1.94 bits per heavy atom. The van der Waals surface area contributed by atoms with Gasteiger partial charge in [-0.3, -0.25) is 0 Å². The van der Waals surface area contributed by atoms with E-state index in [1.165, 1.54) is 7.11 Å². The van der Waals surface area contributed by atoms with E-state index in [1.807, 2.05) is 14.1 Å². The zero-order valence-corrected chi connectivity index (χ0v) is 11.7.